The average Bonchev–Trinajstić information content (AvgIpc) is 2.92. The van der Waals surface area contributed by atoms with Gasteiger partial charge in [-0.05, 0) is 78.3 Å². The molecule has 36 heavy (non-hydrogen) atoms. The zero-order chi connectivity index (χ0) is 25.3. The fraction of sp³-hybridized carbons (Fsp3) is 0.412. The summed E-state index contributed by atoms with van der Waals surface area (Å²) in [6.45, 7) is 4.23. The summed E-state index contributed by atoms with van der Waals surface area (Å²) in [5, 5.41) is 0. The van der Waals surface area contributed by atoms with Crippen molar-refractivity contribution in [1.82, 2.24) is 0 Å². The number of allylic oxidation sites excluding steroid dienone is 2. The van der Waals surface area contributed by atoms with Crippen LogP contribution in [0.2, 0.25) is 0 Å². The summed E-state index contributed by atoms with van der Waals surface area (Å²) < 4.78 is 28.7. The zero-order valence-electron chi connectivity index (χ0n) is 21.9. The number of aryl methyl sites for hydroxylation is 4. The van der Waals surface area contributed by atoms with Crippen molar-refractivity contribution < 1.29 is 8.78 Å². The summed E-state index contributed by atoms with van der Waals surface area (Å²) in [4.78, 5) is 0. The molecule has 0 N–H and O–H groups in total. The molecule has 0 saturated carbocycles. The summed E-state index contributed by atoms with van der Waals surface area (Å²) >= 11 is 0. The highest BCUT2D eigenvalue weighted by Gasteiger charge is 2.19. The van der Waals surface area contributed by atoms with Gasteiger partial charge in [-0.1, -0.05) is 106 Å². The van der Waals surface area contributed by atoms with Crippen molar-refractivity contribution in [2.75, 3.05) is 0 Å². The second kappa shape index (κ2) is 13.0. The zero-order valence-corrected chi connectivity index (χ0v) is 21.9. The van der Waals surface area contributed by atoms with Gasteiger partial charge in [-0.3, -0.25) is 0 Å². The first kappa shape index (κ1) is 26.3. The van der Waals surface area contributed by atoms with Crippen molar-refractivity contribution in [3.05, 3.63) is 118 Å². The van der Waals surface area contributed by atoms with Gasteiger partial charge >= 0.3 is 0 Å². The van der Waals surface area contributed by atoms with Crippen molar-refractivity contribution in [1.29, 1.82) is 0 Å². The van der Waals surface area contributed by atoms with E-state index in [1.165, 1.54) is 42.4 Å². The topological polar surface area (TPSA) is 0 Å². The van der Waals surface area contributed by atoms with Gasteiger partial charge in [-0.2, -0.15) is 0 Å². The largest absolute Gasteiger partial charge is 0.203 e. The van der Waals surface area contributed by atoms with Gasteiger partial charge in [0.2, 0.25) is 0 Å². The van der Waals surface area contributed by atoms with Gasteiger partial charge in [0.05, 0.1) is 0 Å². The third-order valence-electron chi connectivity index (χ3n) is 7.69. The number of halogens is 2. The standard InChI is InChI=1S/C34H40F2/c1-3-5-6-8-25-9-14-27(15-10-25)29-19-21-30(22-20-29)28-16-11-26(12-17-28)13-18-32-24-23-31(7-4-2)33(35)34(32)36/h9-12,14-17,19,21,23-24,29-30H,3-8,13,18,20,22H2,1-2H3. The summed E-state index contributed by atoms with van der Waals surface area (Å²) in [7, 11) is 0. The van der Waals surface area contributed by atoms with Crippen LogP contribution in [0.25, 0.3) is 0 Å². The lowest BCUT2D eigenvalue weighted by atomic mass is 9.81. The molecule has 0 saturated heterocycles. The summed E-state index contributed by atoms with van der Waals surface area (Å²) in [5.74, 6) is -0.397. The molecule has 0 amide bonds. The van der Waals surface area contributed by atoms with E-state index in [4.69, 9.17) is 0 Å². The van der Waals surface area contributed by atoms with Crippen LogP contribution in [0, 0.1) is 11.6 Å². The molecule has 3 aromatic rings. The maximum atomic E-state index is 14.4. The van der Waals surface area contributed by atoms with E-state index in [-0.39, 0.29) is 0 Å². The Morgan fingerprint density at radius 2 is 1.06 bits per heavy atom. The lowest BCUT2D eigenvalue weighted by molar-refractivity contribution is 0.488. The molecular formula is C34H40F2. The number of benzene rings is 3. The minimum atomic E-state index is -0.675. The molecule has 1 aliphatic rings. The van der Waals surface area contributed by atoms with Gasteiger partial charge < -0.3 is 0 Å². The van der Waals surface area contributed by atoms with Gasteiger partial charge in [0.15, 0.2) is 11.6 Å². The van der Waals surface area contributed by atoms with Gasteiger partial charge in [0, 0.05) is 11.8 Å². The second-order valence-corrected chi connectivity index (χ2v) is 10.4. The van der Waals surface area contributed by atoms with Crippen LogP contribution in [0.1, 0.15) is 97.6 Å². The molecular weight excluding hydrogens is 446 g/mol. The first-order chi connectivity index (χ1) is 17.6. The molecule has 2 heteroatoms. The smallest absolute Gasteiger partial charge is 0.162 e. The number of hydrogen-bond acceptors (Lipinski definition) is 0. The minimum Gasteiger partial charge on any atom is -0.203 e. The van der Waals surface area contributed by atoms with E-state index in [1.54, 1.807) is 12.1 Å². The van der Waals surface area contributed by atoms with Crippen LogP contribution in [-0.4, -0.2) is 0 Å². The average molecular weight is 487 g/mol. The number of unbranched alkanes of at least 4 members (excludes halogenated alkanes) is 2. The highest BCUT2D eigenvalue weighted by molar-refractivity contribution is 5.34. The fourth-order valence-corrected chi connectivity index (χ4v) is 5.38. The van der Waals surface area contributed by atoms with E-state index in [0.717, 1.165) is 24.8 Å². The lowest BCUT2D eigenvalue weighted by Crippen LogP contribution is -2.07. The van der Waals surface area contributed by atoms with Crippen molar-refractivity contribution in [2.45, 2.75) is 89.9 Å². The second-order valence-electron chi connectivity index (χ2n) is 10.4. The van der Waals surface area contributed by atoms with Crippen molar-refractivity contribution in [2.24, 2.45) is 0 Å². The maximum Gasteiger partial charge on any atom is 0.162 e. The summed E-state index contributed by atoms with van der Waals surface area (Å²) in [6, 6.07) is 21.4. The molecule has 0 radical (unpaired) electrons. The van der Waals surface area contributed by atoms with Crippen LogP contribution in [0.3, 0.4) is 0 Å². The highest BCUT2D eigenvalue weighted by Crippen LogP contribution is 2.35. The van der Waals surface area contributed by atoms with E-state index in [9.17, 15) is 8.78 Å². The van der Waals surface area contributed by atoms with E-state index >= 15 is 0 Å². The first-order valence-corrected chi connectivity index (χ1v) is 13.9. The molecule has 3 aromatic carbocycles. The minimum absolute atomic E-state index is 0.446. The summed E-state index contributed by atoms with van der Waals surface area (Å²) in [6.07, 6.45) is 14.7. The van der Waals surface area contributed by atoms with Gasteiger partial charge in [0.25, 0.3) is 0 Å². The van der Waals surface area contributed by atoms with Crippen molar-refractivity contribution in [3.8, 4) is 0 Å². The third-order valence-corrected chi connectivity index (χ3v) is 7.69. The van der Waals surface area contributed by atoms with Crippen LogP contribution in [0.15, 0.2) is 72.8 Å². The fourth-order valence-electron chi connectivity index (χ4n) is 5.38. The lowest BCUT2D eigenvalue weighted by Gasteiger charge is -2.24. The van der Waals surface area contributed by atoms with Crippen LogP contribution >= 0.6 is 0 Å². The Kier molecular flexibility index (Phi) is 9.50. The Labute approximate surface area is 216 Å². The quantitative estimate of drug-likeness (QED) is 0.187. The maximum absolute atomic E-state index is 14.4. The van der Waals surface area contributed by atoms with Crippen LogP contribution in [0.4, 0.5) is 8.78 Å². The Morgan fingerprint density at radius 3 is 1.53 bits per heavy atom. The van der Waals surface area contributed by atoms with Crippen LogP contribution in [0.5, 0.6) is 0 Å². The molecule has 0 spiro atoms. The first-order valence-electron chi connectivity index (χ1n) is 13.9. The molecule has 0 aromatic heterocycles. The molecule has 2 unspecified atom stereocenters. The predicted octanol–water partition coefficient (Wildman–Crippen LogP) is 9.65. The van der Waals surface area contributed by atoms with E-state index < -0.39 is 11.6 Å². The molecule has 0 aliphatic heterocycles. The van der Waals surface area contributed by atoms with Crippen LogP contribution in [-0.2, 0) is 25.7 Å². The molecule has 190 valence electrons. The van der Waals surface area contributed by atoms with E-state index in [1.807, 2.05) is 6.92 Å². The molecule has 4 rings (SSSR count). The SMILES string of the molecule is CCCCCc1ccc(C2C=CC(c3ccc(CCc4ccc(CCC)c(F)c4F)cc3)CC2)cc1. The Morgan fingerprint density at radius 1 is 0.556 bits per heavy atom. The molecule has 0 fully saturated rings. The molecule has 0 nitrogen and oxygen atoms in total. The Balaban J connectivity index is 1.31. The molecule has 0 bridgehead atoms. The summed E-state index contributed by atoms with van der Waals surface area (Å²) in [5.41, 5.74) is 6.31. The van der Waals surface area contributed by atoms with Gasteiger partial charge in [0.1, 0.15) is 0 Å². The van der Waals surface area contributed by atoms with Crippen molar-refractivity contribution in [3.63, 3.8) is 0 Å². The highest BCUT2D eigenvalue weighted by atomic mass is 19.2. The molecule has 2 atom stereocenters. The number of rotatable bonds is 11. The van der Waals surface area contributed by atoms with Gasteiger partial charge in [-0.15, -0.1) is 0 Å². The molecule has 1 aliphatic carbocycles. The third kappa shape index (κ3) is 6.72. The number of hydrogen-bond donors (Lipinski definition) is 0. The predicted molar refractivity (Wildman–Crippen MR) is 148 cm³/mol. The van der Waals surface area contributed by atoms with E-state index in [2.05, 4.69) is 67.6 Å². The Bertz CT molecular complexity index is 1130. The monoisotopic (exact) mass is 486 g/mol. The molecule has 0 heterocycles. The van der Waals surface area contributed by atoms with Crippen molar-refractivity contribution >= 4 is 0 Å². The van der Waals surface area contributed by atoms with Gasteiger partial charge in [-0.25, -0.2) is 8.78 Å². The van der Waals surface area contributed by atoms with Crippen LogP contribution < -0.4 is 0 Å². The van der Waals surface area contributed by atoms with E-state index in [0.29, 0.717) is 42.2 Å². The normalized spacial score (nSPS) is 17.4. The Hall–Kier alpha value is -2.74.